The number of carbonyl (C=O) groups excluding carboxylic acids is 1. The number of aromatic nitrogens is 2. The smallest absolute Gasteiger partial charge is 0.490 e. The predicted octanol–water partition coefficient (Wildman–Crippen LogP) is 7.88. The Kier molecular flexibility index (Phi) is 11.7. The summed E-state index contributed by atoms with van der Waals surface area (Å²) < 4.78 is 44.6. The number of thiazole rings is 1. The summed E-state index contributed by atoms with van der Waals surface area (Å²) in [5, 5.41) is 20.9. The normalized spacial score (nSPS) is 13.5. The van der Waals surface area contributed by atoms with E-state index in [4.69, 9.17) is 24.4 Å². The van der Waals surface area contributed by atoms with Gasteiger partial charge in [-0.1, -0.05) is 43.7 Å². The molecule has 48 heavy (non-hydrogen) atoms. The third-order valence-electron chi connectivity index (χ3n) is 8.22. The minimum absolute atomic E-state index is 0.281. The van der Waals surface area contributed by atoms with Crippen LogP contribution in [0.15, 0.2) is 36.4 Å². The SMILES string of the molecule is COc1cc(-c2nc(NC(=O)c3cc4cc(C)ccc4n3CC(=O)O)sc2CCC2CCCCC2)c(OC)cc1C.O=C(O)C(F)(F)F. The standard InChI is InChI=1S/C32H37N3O5S.C2HF3O2/c1-19-10-12-24-22(14-19)16-25(35(24)18-29(36)37)31(38)34-32-33-30(23-17-26(39-3)20(2)15-27(23)40-4)28(41-32)13-11-21-8-6-5-7-9-21;3-2(4,5)1(6)7/h10,12,14-17,21H,5-9,11,13,18H2,1-4H3,(H,36,37)(H,33,34,38);(H,6,7). The molecule has 1 aliphatic rings. The first-order valence-electron chi connectivity index (χ1n) is 15.4. The van der Waals surface area contributed by atoms with Crippen LogP contribution in [0.4, 0.5) is 18.3 Å². The summed E-state index contributed by atoms with van der Waals surface area (Å²) in [7, 11) is 3.29. The number of ether oxygens (including phenoxy) is 2. The Morgan fingerprint density at radius 1 is 1.00 bits per heavy atom. The van der Waals surface area contributed by atoms with Crippen LogP contribution in [-0.4, -0.2) is 58.0 Å². The molecular weight excluding hydrogens is 651 g/mol. The number of hydrogen-bond donors (Lipinski definition) is 3. The van der Waals surface area contributed by atoms with E-state index in [1.807, 2.05) is 44.2 Å². The van der Waals surface area contributed by atoms with Crippen molar-refractivity contribution < 1.29 is 47.2 Å². The number of nitrogens with zero attached hydrogens (tertiary/aromatic N) is 2. The third kappa shape index (κ3) is 8.85. The number of methoxy groups -OCH3 is 2. The number of carboxylic acids is 2. The Morgan fingerprint density at radius 2 is 1.67 bits per heavy atom. The molecule has 0 radical (unpaired) electrons. The number of anilines is 1. The maximum atomic E-state index is 13.6. The van der Waals surface area contributed by atoms with E-state index in [1.165, 1.54) is 43.4 Å². The molecule has 258 valence electrons. The zero-order valence-corrected chi connectivity index (χ0v) is 27.9. The minimum Gasteiger partial charge on any atom is -0.496 e. The van der Waals surface area contributed by atoms with Crippen molar-refractivity contribution in [2.45, 2.75) is 71.5 Å². The molecule has 4 aromatic rings. The van der Waals surface area contributed by atoms with E-state index in [1.54, 1.807) is 24.9 Å². The maximum Gasteiger partial charge on any atom is 0.490 e. The van der Waals surface area contributed by atoms with Crippen molar-refractivity contribution in [3.63, 3.8) is 0 Å². The quantitative estimate of drug-likeness (QED) is 0.153. The molecule has 1 saturated carbocycles. The molecule has 0 saturated heterocycles. The van der Waals surface area contributed by atoms with Gasteiger partial charge in [0.1, 0.15) is 23.7 Å². The Bertz CT molecular complexity index is 1790. The van der Waals surface area contributed by atoms with Gasteiger partial charge in [0.2, 0.25) is 0 Å². The highest BCUT2D eigenvalue weighted by Gasteiger charge is 2.38. The van der Waals surface area contributed by atoms with Gasteiger partial charge in [0, 0.05) is 21.3 Å². The zero-order chi connectivity index (χ0) is 35.2. The second kappa shape index (κ2) is 15.5. The van der Waals surface area contributed by atoms with Crippen molar-refractivity contribution in [1.82, 2.24) is 9.55 Å². The van der Waals surface area contributed by atoms with Crippen LogP contribution >= 0.6 is 11.3 Å². The zero-order valence-electron chi connectivity index (χ0n) is 27.1. The van der Waals surface area contributed by atoms with Crippen molar-refractivity contribution in [2.75, 3.05) is 19.5 Å². The van der Waals surface area contributed by atoms with Gasteiger partial charge in [0.15, 0.2) is 5.13 Å². The topological polar surface area (TPSA) is 140 Å². The molecule has 2 aromatic carbocycles. The number of rotatable bonds is 10. The number of carbonyl (C=O) groups is 3. The number of halogens is 3. The highest BCUT2D eigenvalue weighted by atomic mass is 32.1. The van der Waals surface area contributed by atoms with E-state index in [-0.39, 0.29) is 12.2 Å². The molecule has 0 unspecified atom stereocenters. The van der Waals surface area contributed by atoms with Crippen LogP contribution < -0.4 is 14.8 Å². The van der Waals surface area contributed by atoms with Gasteiger partial charge >= 0.3 is 18.1 Å². The summed E-state index contributed by atoms with van der Waals surface area (Å²) in [4.78, 5) is 40.2. The van der Waals surface area contributed by atoms with Crippen molar-refractivity contribution in [1.29, 1.82) is 0 Å². The summed E-state index contributed by atoms with van der Waals surface area (Å²) in [6, 6.07) is 11.4. The fourth-order valence-electron chi connectivity index (χ4n) is 5.88. The van der Waals surface area contributed by atoms with Crippen LogP contribution in [0.5, 0.6) is 11.5 Å². The van der Waals surface area contributed by atoms with Crippen LogP contribution in [0.2, 0.25) is 0 Å². The number of aryl methyl sites for hydroxylation is 3. The molecule has 0 aliphatic heterocycles. The number of amides is 1. The molecule has 1 amide bonds. The molecule has 2 aromatic heterocycles. The number of nitrogens with one attached hydrogen (secondary N) is 1. The maximum absolute atomic E-state index is 13.6. The van der Waals surface area contributed by atoms with Crippen LogP contribution in [0.1, 0.15) is 65.0 Å². The van der Waals surface area contributed by atoms with Gasteiger partial charge in [-0.15, -0.1) is 11.3 Å². The first-order valence-corrected chi connectivity index (χ1v) is 16.2. The molecule has 3 N–H and O–H groups in total. The number of fused-ring (bicyclic) bond motifs is 1. The number of aliphatic carboxylic acids is 2. The van der Waals surface area contributed by atoms with Crippen LogP contribution in [-0.2, 0) is 22.6 Å². The number of alkyl halides is 3. The lowest BCUT2D eigenvalue weighted by Crippen LogP contribution is -2.21. The lowest BCUT2D eigenvalue weighted by Gasteiger charge is -2.21. The van der Waals surface area contributed by atoms with Gasteiger partial charge in [0.05, 0.1) is 19.9 Å². The Morgan fingerprint density at radius 3 is 2.27 bits per heavy atom. The van der Waals surface area contributed by atoms with Crippen LogP contribution in [0.25, 0.3) is 22.2 Å². The molecule has 2 heterocycles. The number of hydrogen-bond acceptors (Lipinski definition) is 7. The Balaban J connectivity index is 0.000000671. The van der Waals surface area contributed by atoms with E-state index < -0.39 is 24.0 Å². The molecule has 1 fully saturated rings. The first-order chi connectivity index (χ1) is 22.7. The van der Waals surface area contributed by atoms with Crippen LogP contribution in [0, 0.1) is 19.8 Å². The van der Waals surface area contributed by atoms with E-state index in [0.717, 1.165) is 51.2 Å². The molecule has 10 nitrogen and oxygen atoms in total. The number of carboxylic acid groups (broad SMARTS) is 2. The van der Waals surface area contributed by atoms with Crippen LogP contribution in [0.3, 0.4) is 0 Å². The summed E-state index contributed by atoms with van der Waals surface area (Å²) in [6.45, 7) is 3.62. The van der Waals surface area contributed by atoms with Gasteiger partial charge in [-0.25, -0.2) is 9.78 Å². The first kappa shape index (κ1) is 36.2. The average molecular weight is 690 g/mol. The summed E-state index contributed by atoms with van der Waals surface area (Å²) in [5.41, 5.74) is 4.57. The van der Waals surface area contributed by atoms with E-state index in [0.29, 0.717) is 22.3 Å². The van der Waals surface area contributed by atoms with E-state index in [9.17, 15) is 27.9 Å². The molecule has 0 atom stereocenters. The summed E-state index contributed by atoms with van der Waals surface area (Å²) in [6.07, 6.45) is 3.24. The van der Waals surface area contributed by atoms with E-state index >= 15 is 0 Å². The largest absolute Gasteiger partial charge is 0.496 e. The van der Waals surface area contributed by atoms with Crippen molar-refractivity contribution in [3.8, 4) is 22.8 Å². The highest BCUT2D eigenvalue weighted by molar-refractivity contribution is 7.16. The van der Waals surface area contributed by atoms with Crippen molar-refractivity contribution in [3.05, 3.63) is 58.1 Å². The lowest BCUT2D eigenvalue weighted by molar-refractivity contribution is -0.192. The van der Waals surface area contributed by atoms with Crippen molar-refractivity contribution in [2.24, 2.45) is 5.92 Å². The van der Waals surface area contributed by atoms with Gasteiger partial charge in [-0.3, -0.25) is 14.9 Å². The second-order valence-electron chi connectivity index (χ2n) is 11.7. The Labute approximate surface area is 279 Å². The fraction of sp³-hybridized carbons (Fsp3) is 0.412. The molecule has 1 aliphatic carbocycles. The van der Waals surface area contributed by atoms with Gasteiger partial charge < -0.3 is 24.3 Å². The summed E-state index contributed by atoms with van der Waals surface area (Å²) in [5.74, 6) is -2.03. The molecule has 0 spiro atoms. The van der Waals surface area contributed by atoms with Gasteiger partial charge in [-0.05, 0) is 68.5 Å². The monoisotopic (exact) mass is 689 g/mol. The molecule has 14 heteroatoms. The predicted molar refractivity (Wildman–Crippen MR) is 176 cm³/mol. The highest BCUT2D eigenvalue weighted by Crippen LogP contribution is 2.41. The lowest BCUT2D eigenvalue weighted by atomic mass is 9.86. The molecule has 5 rings (SSSR count). The van der Waals surface area contributed by atoms with Crippen molar-refractivity contribution >= 4 is 45.2 Å². The minimum atomic E-state index is -5.08. The Hall–Kier alpha value is -4.59. The summed E-state index contributed by atoms with van der Waals surface area (Å²) >= 11 is 1.47. The van der Waals surface area contributed by atoms with Gasteiger partial charge in [0.25, 0.3) is 5.91 Å². The van der Waals surface area contributed by atoms with Gasteiger partial charge in [-0.2, -0.15) is 13.2 Å². The van der Waals surface area contributed by atoms with E-state index in [2.05, 4.69) is 5.32 Å². The number of benzene rings is 2. The second-order valence-corrected chi connectivity index (χ2v) is 12.8. The fourth-order valence-corrected chi connectivity index (χ4v) is 6.86. The third-order valence-corrected chi connectivity index (χ3v) is 9.25. The molecular formula is C34H38F3N3O7S. The molecule has 0 bridgehead atoms. The average Bonchev–Trinajstić information content (AvgIpc) is 3.60.